The van der Waals surface area contributed by atoms with Crippen LogP contribution in [0, 0.1) is 0 Å². The molecule has 5 nitrogen and oxygen atoms in total. The number of aliphatic hydroxyl groups is 1. The quantitative estimate of drug-likeness (QED) is 0.595. The van der Waals surface area contributed by atoms with E-state index in [0.717, 1.165) is 0 Å². The predicted octanol–water partition coefficient (Wildman–Crippen LogP) is -0.513. The lowest BCUT2D eigenvalue weighted by Gasteiger charge is -2.32. The third-order valence-corrected chi connectivity index (χ3v) is 1.60. The van der Waals surface area contributed by atoms with Gasteiger partial charge in [0.2, 0.25) is 0 Å². The molecule has 0 aliphatic rings. The largest absolute Gasteiger partial charge is 0.481 e. The Morgan fingerprint density at radius 2 is 1.93 bits per heavy atom. The highest BCUT2D eigenvalue weighted by molar-refractivity contribution is 5.89. The van der Waals surface area contributed by atoms with E-state index in [2.05, 4.69) is 0 Å². The number of hydrogen-bond donors (Lipinski definition) is 2. The Bertz CT molecular complexity index is 321. The van der Waals surface area contributed by atoms with E-state index in [9.17, 15) is 14.7 Å². The lowest BCUT2D eigenvalue weighted by atomic mass is 9.94. The first-order valence-electron chi connectivity index (χ1n) is 5.57. The van der Waals surface area contributed by atoms with Crippen LogP contribution in [0.3, 0.4) is 0 Å². The van der Waals surface area contributed by atoms with Crippen molar-refractivity contribution < 1.29 is 28.4 Å². The van der Waals surface area contributed by atoms with Gasteiger partial charge in [0.05, 0.1) is 27.6 Å². The van der Waals surface area contributed by atoms with Crippen LogP contribution in [0.2, 0.25) is 0 Å². The van der Waals surface area contributed by atoms with Crippen molar-refractivity contribution in [3.05, 3.63) is 0 Å². The fraction of sp³-hybridized carbons (Fsp3) is 0.778. The Hall–Kier alpha value is -0.940. The molecule has 0 saturated heterocycles. The molecule has 0 aromatic carbocycles. The smallest absolute Gasteiger partial charge is 0.306 e. The summed E-state index contributed by atoms with van der Waals surface area (Å²) in [4.78, 5) is 22.2. The average Bonchev–Trinajstić information content (AvgIpc) is 1.95. The number of likely N-dealkylation sites (N-methyl/N-ethyl adjacent to an activating group) is 1. The molecule has 0 aromatic heterocycles. The Morgan fingerprint density at radius 3 is 2.21 bits per heavy atom. The highest BCUT2D eigenvalue weighted by Crippen LogP contribution is 2.15. The molecule has 0 radical (unpaired) electrons. The van der Waals surface area contributed by atoms with Gasteiger partial charge in [-0.3, -0.25) is 9.59 Å². The van der Waals surface area contributed by atoms with E-state index in [0.29, 0.717) is 0 Å². The fourth-order valence-corrected chi connectivity index (χ4v) is 1.24. The lowest BCUT2D eigenvalue weighted by molar-refractivity contribution is -0.875. The molecule has 0 saturated carbocycles. The maximum absolute atomic E-state index is 11.6. The topological polar surface area (TPSA) is 74.6 Å². The van der Waals surface area contributed by atoms with Crippen molar-refractivity contribution in [2.24, 2.45) is 0 Å². The van der Waals surface area contributed by atoms with Crippen LogP contribution in [0.4, 0.5) is 0 Å². The second-order valence-corrected chi connectivity index (χ2v) is 4.38. The molecule has 2 N–H and O–H groups in total. The zero-order valence-electron chi connectivity index (χ0n) is 11.6. The van der Waals surface area contributed by atoms with Gasteiger partial charge in [0.1, 0.15) is 6.54 Å². The van der Waals surface area contributed by atoms with Crippen LogP contribution >= 0.6 is 0 Å². The molecule has 0 heterocycles. The normalized spacial score (nSPS) is 20.1. The summed E-state index contributed by atoms with van der Waals surface area (Å²) in [5, 5.41) is 18.7. The maximum Gasteiger partial charge on any atom is 0.306 e. The van der Waals surface area contributed by atoms with Crippen LogP contribution < -0.4 is 0 Å². The van der Waals surface area contributed by atoms with Crippen LogP contribution in [0.25, 0.3) is 0 Å². The van der Waals surface area contributed by atoms with E-state index in [1.807, 2.05) is 0 Å². The van der Waals surface area contributed by atoms with Gasteiger partial charge in [0.15, 0.2) is 11.4 Å². The second kappa shape index (κ2) is 4.06. The molecule has 0 aliphatic carbocycles. The predicted molar refractivity (Wildman–Crippen MR) is 50.8 cm³/mol. The minimum Gasteiger partial charge on any atom is -0.481 e. The van der Waals surface area contributed by atoms with Crippen molar-refractivity contribution >= 4 is 11.8 Å². The zero-order chi connectivity index (χ0) is 14.1. The summed E-state index contributed by atoms with van der Waals surface area (Å²) >= 11 is 0. The number of carboxylic acids is 1. The second-order valence-electron chi connectivity index (χ2n) is 4.38. The average molecular weight is 207 g/mol. The van der Waals surface area contributed by atoms with Crippen molar-refractivity contribution in [3.63, 3.8) is 0 Å². The third-order valence-electron chi connectivity index (χ3n) is 1.60. The lowest BCUT2D eigenvalue weighted by Crippen LogP contribution is -2.54. The van der Waals surface area contributed by atoms with Crippen molar-refractivity contribution in [2.75, 3.05) is 27.7 Å². The Morgan fingerprint density at radius 1 is 1.43 bits per heavy atom. The van der Waals surface area contributed by atoms with Gasteiger partial charge >= 0.3 is 5.97 Å². The summed E-state index contributed by atoms with van der Waals surface area (Å²) in [6.07, 6.45) is -0.917. The Labute approximate surface area is 87.8 Å². The number of carbonyl (C=O) groups is 2. The number of Topliss-reactive ketones (excluding diaryl/α,β-unsaturated/α-hetero) is 1. The number of quaternary nitrogens is 1. The molecular formula is C9H18NO4+. The fourth-order valence-electron chi connectivity index (χ4n) is 1.24. The van der Waals surface area contributed by atoms with Crippen LogP contribution in [0.1, 0.15) is 17.4 Å². The Balaban J connectivity index is 5.25. The van der Waals surface area contributed by atoms with Crippen LogP contribution in [-0.4, -0.2) is 59.7 Å². The number of rotatable bonds is 5. The van der Waals surface area contributed by atoms with Crippen molar-refractivity contribution in [1.29, 1.82) is 0 Å². The zero-order valence-corrected chi connectivity index (χ0v) is 8.57. The Kier molecular flexibility index (Phi) is 2.43. The molecule has 0 rings (SSSR count). The number of ketones is 1. The van der Waals surface area contributed by atoms with Gasteiger partial charge in [-0.15, -0.1) is 0 Å². The summed E-state index contributed by atoms with van der Waals surface area (Å²) in [6.45, 7) is -3.30. The monoisotopic (exact) mass is 207 g/mol. The molecule has 1 atom stereocenters. The van der Waals surface area contributed by atoms with Gasteiger partial charge in [-0.05, 0) is 6.85 Å². The SMILES string of the molecule is [2H]C([2H])([2H])C(=O)[C@@](O)(CC(=O)O)C[N+](C)(C)C. The summed E-state index contributed by atoms with van der Waals surface area (Å²) in [7, 11) is 4.87. The van der Waals surface area contributed by atoms with E-state index in [1.165, 1.54) is 0 Å². The summed E-state index contributed by atoms with van der Waals surface area (Å²) in [5.74, 6) is -2.85. The summed E-state index contributed by atoms with van der Waals surface area (Å²) in [5.41, 5.74) is -2.38. The van der Waals surface area contributed by atoms with E-state index in [1.54, 1.807) is 21.1 Å². The first kappa shape index (κ1) is 8.38. The van der Waals surface area contributed by atoms with Gasteiger partial charge in [-0.25, -0.2) is 0 Å². The molecule has 5 heteroatoms. The highest BCUT2D eigenvalue weighted by Gasteiger charge is 2.40. The van der Waals surface area contributed by atoms with E-state index in [4.69, 9.17) is 9.22 Å². The molecule has 0 fully saturated rings. The van der Waals surface area contributed by atoms with Crippen LogP contribution in [0.5, 0.6) is 0 Å². The molecule has 14 heavy (non-hydrogen) atoms. The minimum absolute atomic E-state index is 0.0750. The molecule has 0 bridgehead atoms. The molecule has 0 spiro atoms. The highest BCUT2D eigenvalue weighted by atomic mass is 16.4. The first-order chi connectivity index (χ1) is 7.28. The molecular weight excluding hydrogens is 186 g/mol. The molecule has 0 unspecified atom stereocenters. The molecule has 0 aliphatic heterocycles. The van der Waals surface area contributed by atoms with Gasteiger partial charge < -0.3 is 14.7 Å². The van der Waals surface area contributed by atoms with Gasteiger partial charge in [-0.2, -0.15) is 0 Å². The van der Waals surface area contributed by atoms with Crippen molar-refractivity contribution in [3.8, 4) is 0 Å². The van der Waals surface area contributed by atoms with Crippen molar-refractivity contribution in [1.82, 2.24) is 0 Å². The standard InChI is InChI=1S/C9H17NO4/c1-7(11)9(14,5-8(12)13)6-10(2,3)4/h14H,5-6H2,1-4H3/p+1/t9-/m1/s1/i1D3. The number of aliphatic carboxylic acids is 1. The van der Waals surface area contributed by atoms with Gasteiger partial charge in [0.25, 0.3) is 0 Å². The minimum atomic E-state index is -3.01. The third kappa shape index (κ3) is 4.34. The summed E-state index contributed by atoms with van der Waals surface area (Å²) in [6, 6.07) is 0. The molecule has 0 aromatic rings. The van der Waals surface area contributed by atoms with E-state index < -0.39 is 30.6 Å². The van der Waals surface area contributed by atoms with Gasteiger partial charge in [0, 0.05) is 4.11 Å². The van der Waals surface area contributed by atoms with Crippen LogP contribution in [-0.2, 0) is 9.59 Å². The maximum atomic E-state index is 11.6. The number of nitrogens with zero attached hydrogens (tertiary/aromatic N) is 1. The number of carboxylic acid groups (broad SMARTS) is 1. The van der Waals surface area contributed by atoms with E-state index >= 15 is 0 Å². The summed E-state index contributed by atoms with van der Waals surface area (Å²) < 4.78 is 21.0. The number of hydrogen-bond acceptors (Lipinski definition) is 3. The van der Waals surface area contributed by atoms with E-state index in [-0.39, 0.29) is 11.0 Å². The van der Waals surface area contributed by atoms with Crippen molar-refractivity contribution in [2.45, 2.75) is 18.9 Å². The first-order valence-corrected chi connectivity index (χ1v) is 4.07. The molecule has 0 amide bonds. The van der Waals surface area contributed by atoms with Gasteiger partial charge in [-0.1, -0.05) is 0 Å². The molecule has 82 valence electrons. The van der Waals surface area contributed by atoms with Crippen LogP contribution in [0.15, 0.2) is 0 Å². The number of carbonyl (C=O) groups excluding carboxylic acids is 1.